The van der Waals surface area contributed by atoms with E-state index < -0.39 is 5.97 Å². The molecule has 6 nitrogen and oxygen atoms in total. The summed E-state index contributed by atoms with van der Waals surface area (Å²) in [5.41, 5.74) is 0.641. The van der Waals surface area contributed by atoms with Gasteiger partial charge in [0.05, 0.1) is 25.8 Å². The molecule has 2 rings (SSSR count). The average Bonchev–Trinajstić information content (AvgIpc) is 2.36. The van der Waals surface area contributed by atoms with Crippen LogP contribution in [0.2, 0.25) is 0 Å². The number of nitrogens with one attached hydrogen (secondary N) is 1. The lowest BCUT2D eigenvalue weighted by Gasteiger charge is -2.37. The van der Waals surface area contributed by atoms with Crippen molar-refractivity contribution in [3.05, 3.63) is 24.3 Å². The number of carbonyl (C=O) groups excluding carboxylic acids is 1. The first-order chi connectivity index (χ1) is 9.58. The van der Waals surface area contributed by atoms with Gasteiger partial charge in [-0.25, -0.2) is 0 Å². The minimum absolute atomic E-state index is 0.122. The quantitative estimate of drug-likeness (QED) is 0.813. The number of amides is 1. The first-order valence-electron chi connectivity index (χ1n) is 6.45. The summed E-state index contributed by atoms with van der Waals surface area (Å²) in [6.07, 6.45) is 0.171. The Morgan fingerprint density at radius 2 is 2.10 bits per heavy atom. The summed E-state index contributed by atoms with van der Waals surface area (Å²) >= 11 is 0. The van der Waals surface area contributed by atoms with E-state index in [9.17, 15) is 9.59 Å². The van der Waals surface area contributed by atoms with Crippen molar-refractivity contribution in [2.45, 2.75) is 6.42 Å². The van der Waals surface area contributed by atoms with Gasteiger partial charge in [-0.15, -0.1) is 0 Å². The number of nitrogens with zero attached hydrogens (tertiary/aromatic N) is 1. The maximum atomic E-state index is 11.9. The molecule has 1 aromatic carbocycles. The number of likely N-dealkylation sites (tertiary alicyclic amines) is 1. The summed E-state index contributed by atoms with van der Waals surface area (Å²) in [5, 5.41) is 11.5. The van der Waals surface area contributed by atoms with Crippen molar-refractivity contribution in [3.63, 3.8) is 0 Å². The number of rotatable bonds is 6. The molecule has 1 aromatic rings. The molecule has 1 heterocycles. The Hall–Kier alpha value is -2.08. The number of carbonyl (C=O) groups is 2. The van der Waals surface area contributed by atoms with Crippen molar-refractivity contribution in [1.29, 1.82) is 0 Å². The number of methoxy groups -OCH3 is 1. The normalized spacial score (nSPS) is 15.4. The van der Waals surface area contributed by atoms with Crippen LogP contribution in [0.1, 0.15) is 6.42 Å². The highest BCUT2D eigenvalue weighted by Gasteiger charge is 2.29. The predicted molar refractivity (Wildman–Crippen MR) is 73.8 cm³/mol. The molecule has 6 heteroatoms. The first-order valence-corrected chi connectivity index (χ1v) is 6.45. The second-order valence-electron chi connectivity index (χ2n) is 4.91. The largest absolute Gasteiger partial charge is 0.495 e. The van der Waals surface area contributed by atoms with Crippen molar-refractivity contribution >= 4 is 17.6 Å². The zero-order valence-electron chi connectivity index (χ0n) is 11.3. The van der Waals surface area contributed by atoms with Crippen LogP contribution in [0.5, 0.6) is 5.75 Å². The molecule has 2 N–H and O–H groups in total. The van der Waals surface area contributed by atoms with Crippen LogP contribution in [0.15, 0.2) is 24.3 Å². The van der Waals surface area contributed by atoms with E-state index >= 15 is 0 Å². The van der Waals surface area contributed by atoms with E-state index in [4.69, 9.17) is 9.84 Å². The third-order valence-corrected chi connectivity index (χ3v) is 3.24. The molecule has 0 aliphatic carbocycles. The molecule has 1 fully saturated rings. The van der Waals surface area contributed by atoms with Crippen molar-refractivity contribution in [2.24, 2.45) is 5.92 Å². The van der Waals surface area contributed by atoms with E-state index in [1.807, 2.05) is 17.0 Å². The highest BCUT2D eigenvalue weighted by atomic mass is 16.5. The zero-order chi connectivity index (χ0) is 14.5. The molecule has 0 spiro atoms. The van der Waals surface area contributed by atoms with Gasteiger partial charge in [0.2, 0.25) is 5.91 Å². The molecule has 0 atom stereocenters. The monoisotopic (exact) mass is 278 g/mol. The van der Waals surface area contributed by atoms with Crippen molar-refractivity contribution in [3.8, 4) is 5.75 Å². The molecule has 108 valence electrons. The van der Waals surface area contributed by atoms with Crippen LogP contribution in [-0.4, -0.2) is 48.6 Å². The Bertz CT molecular complexity index is 498. The van der Waals surface area contributed by atoms with E-state index in [1.54, 1.807) is 19.2 Å². The van der Waals surface area contributed by atoms with Gasteiger partial charge in [0.1, 0.15) is 5.75 Å². The molecule has 0 unspecified atom stereocenters. The molecule has 0 saturated carbocycles. The van der Waals surface area contributed by atoms with Gasteiger partial charge in [0.25, 0.3) is 0 Å². The number of aliphatic carboxylic acids is 1. The van der Waals surface area contributed by atoms with Crippen LogP contribution in [0.25, 0.3) is 0 Å². The summed E-state index contributed by atoms with van der Waals surface area (Å²) < 4.78 is 5.16. The molecule has 20 heavy (non-hydrogen) atoms. The standard InChI is InChI=1S/C14H18N2O4/c1-20-12-5-3-2-4-11(12)15-13(17)9-16-7-10(8-16)6-14(18)19/h2-5,10H,6-9H2,1H3,(H,15,17)(H,18,19). The molecule has 0 bridgehead atoms. The van der Waals surface area contributed by atoms with Crippen LogP contribution < -0.4 is 10.1 Å². The molecule has 1 saturated heterocycles. The Morgan fingerprint density at radius 3 is 2.75 bits per heavy atom. The van der Waals surface area contributed by atoms with E-state index in [1.165, 1.54) is 0 Å². The Morgan fingerprint density at radius 1 is 1.40 bits per heavy atom. The minimum Gasteiger partial charge on any atom is -0.495 e. The highest BCUT2D eigenvalue weighted by molar-refractivity contribution is 5.93. The van der Waals surface area contributed by atoms with E-state index in [0.717, 1.165) is 0 Å². The molecule has 1 aliphatic rings. The van der Waals surface area contributed by atoms with Gasteiger partial charge in [-0.3, -0.25) is 14.5 Å². The number of hydrogen-bond donors (Lipinski definition) is 2. The van der Waals surface area contributed by atoms with E-state index in [-0.39, 0.29) is 24.8 Å². The summed E-state index contributed by atoms with van der Waals surface area (Å²) in [6.45, 7) is 1.59. The zero-order valence-corrected chi connectivity index (χ0v) is 11.3. The summed E-state index contributed by atoms with van der Waals surface area (Å²) in [4.78, 5) is 24.3. The smallest absolute Gasteiger partial charge is 0.303 e. The lowest BCUT2D eigenvalue weighted by molar-refractivity contribution is -0.139. The SMILES string of the molecule is COc1ccccc1NC(=O)CN1CC(CC(=O)O)C1. The molecule has 1 amide bonds. The van der Waals surface area contributed by atoms with Gasteiger partial charge in [-0.2, -0.15) is 0 Å². The van der Waals surface area contributed by atoms with Crippen molar-refractivity contribution in [2.75, 3.05) is 32.1 Å². The predicted octanol–water partition coefficient (Wildman–Crippen LogP) is 1.04. The van der Waals surface area contributed by atoms with Gasteiger partial charge in [-0.1, -0.05) is 12.1 Å². The second-order valence-corrected chi connectivity index (χ2v) is 4.91. The number of hydrogen-bond acceptors (Lipinski definition) is 4. The van der Waals surface area contributed by atoms with Crippen LogP contribution in [0, 0.1) is 5.92 Å². The number of para-hydroxylation sites is 2. The number of ether oxygens (including phenoxy) is 1. The number of anilines is 1. The number of carboxylic acids is 1. The van der Waals surface area contributed by atoms with E-state index in [2.05, 4.69) is 5.32 Å². The summed E-state index contributed by atoms with van der Waals surface area (Å²) in [7, 11) is 1.55. The number of carboxylic acid groups (broad SMARTS) is 1. The van der Waals surface area contributed by atoms with Gasteiger partial charge in [0, 0.05) is 13.1 Å². The van der Waals surface area contributed by atoms with Crippen LogP contribution in [0.3, 0.4) is 0 Å². The number of benzene rings is 1. The van der Waals surface area contributed by atoms with Gasteiger partial charge in [0.15, 0.2) is 0 Å². The fourth-order valence-electron chi connectivity index (χ4n) is 2.32. The molecular formula is C14H18N2O4. The topological polar surface area (TPSA) is 78.9 Å². The maximum Gasteiger partial charge on any atom is 0.303 e. The lowest BCUT2D eigenvalue weighted by atomic mass is 9.96. The van der Waals surface area contributed by atoms with Gasteiger partial charge in [-0.05, 0) is 18.1 Å². The van der Waals surface area contributed by atoms with Crippen LogP contribution in [0.4, 0.5) is 5.69 Å². The lowest BCUT2D eigenvalue weighted by Crippen LogP contribution is -2.50. The maximum absolute atomic E-state index is 11.9. The fourth-order valence-corrected chi connectivity index (χ4v) is 2.32. The van der Waals surface area contributed by atoms with Crippen molar-refractivity contribution < 1.29 is 19.4 Å². The molecule has 0 radical (unpaired) electrons. The van der Waals surface area contributed by atoms with Gasteiger partial charge < -0.3 is 15.2 Å². The Kier molecular flexibility index (Phi) is 4.57. The third-order valence-electron chi connectivity index (χ3n) is 3.24. The first kappa shape index (κ1) is 14.3. The Labute approximate surface area is 117 Å². The van der Waals surface area contributed by atoms with E-state index in [0.29, 0.717) is 24.5 Å². The molecule has 0 aromatic heterocycles. The highest BCUT2D eigenvalue weighted by Crippen LogP contribution is 2.23. The van der Waals surface area contributed by atoms with Crippen LogP contribution in [-0.2, 0) is 9.59 Å². The molecular weight excluding hydrogens is 260 g/mol. The average molecular weight is 278 g/mol. The van der Waals surface area contributed by atoms with Crippen LogP contribution >= 0.6 is 0 Å². The molecule has 1 aliphatic heterocycles. The summed E-state index contributed by atoms with van der Waals surface area (Å²) in [5.74, 6) is -0.129. The minimum atomic E-state index is -0.784. The van der Waals surface area contributed by atoms with Crippen molar-refractivity contribution in [1.82, 2.24) is 4.90 Å². The Balaban J connectivity index is 1.78. The third kappa shape index (κ3) is 3.71. The van der Waals surface area contributed by atoms with Gasteiger partial charge >= 0.3 is 5.97 Å². The summed E-state index contributed by atoms with van der Waals surface area (Å²) in [6, 6.07) is 7.22. The second kappa shape index (κ2) is 6.38. The fraction of sp³-hybridized carbons (Fsp3) is 0.429.